The lowest BCUT2D eigenvalue weighted by atomic mass is 10.2. The summed E-state index contributed by atoms with van der Waals surface area (Å²) in [6.45, 7) is 3.28. The highest BCUT2D eigenvalue weighted by molar-refractivity contribution is 7.89. The molecule has 1 aromatic rings. The fourth-order valence-corrected chi connectivity index (χ4v) is 5.05. The van der Waals surface area contributed by atoms with Gasteiger partial charge in [0.25, 0.3) is 0 Å². The van der Waals surface area contributed by atoms with Gasteiger partial charge in [-0.2, -0.15) is 4.31 Å². The van der Waals surface area contributed by atoms with Crippen LogP contribution in [-0.4, -0.2) is 29.9 Å². The smallest absolute Gasteiger partial charge is 0.243 e. The normalized spacial score (nSPS) is 23.7. The molecule has 1 fully saturated rings. The van der Waals surface area contributed by atoms with Gasteiger partial charge in [0, 0.05) is 17.6 Å². The molecule has 1 heterocycles. The van der Waals surface area contributed by atoms with Crippen LogP contribution < -0.4 is 0 Å². The predicted molar refractivity (Wildman–Crippen MR) is 79.1 cm³/mol. The van der Waals surface area contributed by atoms with E-state index in [0.717, 1.165) is 18.9 Å². The minimum absolute atomic E-state index is 0.0682. The van der Waals surface area contributed by atoms with Crippen molar-refractivity contribution >= 4 is 21.6 Å². The zero-order valence-corrected chi connectivity index (χ0v) is 13.6. The molecule has 1 saturated heterocycles. The molecule has 2 atom stereocenters. The topological polar surface area (TPSA) is 57.6 Å². The van der Waals surface area contributed by atoms with Crippen LogP contribution >= 0.6 is 11.6 Å². The lowest BCUT2D eigenvalue weighted by Crippen LogP contribution is -2.39. The van der Waals surface area contributed by atoms with Gasteiger partial charge in [0.15, 0.2) is 0 Å². The fourth-order valence-electron chi connectivity index (χ4n) is 2.87. The molecule has 0 spiro atoms. The molecule has 0 radical (unpaired) electrons. The molecule has 0 amide bonds. The van der Waals surface area contributed by atoms with E-state index < -0.39 is 22.4 Å². The Kier molecular flexibility index (Phi) is 4.92. The summed E-state index contributed by atoms with van der Waals surface area (Å²) in [5, 5.41) is 8.95. The van der Waals surface area contributed by atoms with E-state index in [4.69, 9.17) is 11.6 Å². The maximum Gasteiger partial charge on any atom is 0.243 e. The maximum atomic E-state index is 13.8. The minimum atomic E-state index is -3.80. The standard InChI is InChI=1S/C14H19ClFNO3S/c1-3-11-5-4-9(2)17(11)21(19,20)12-6-10(8-18)14(15)13(16)7-12/h6-7,9,11,18H,3-5,8H2,1-2H3. The number of nitrogens with zero attached hydrogens (tertiary/aromatic N) is 1. The van der Waals surface area contributed by atoms with Crippen molar-refractivity contribution in [1.29, 1.82) is 0 Å². The summed E-state index contributed by atoms with van der Waals surface area (Å²) in [5.41, 5.74) is 0.0788. The van der Waals surface area contributed by atoms with Gasteiger partial charge in [0.1, 0.15) is 5.82 Å². The Morgan fingerprint density at radius 2 is 2.10 bits per heavy atom. The lowest BCUT2D eigenvalue weighted by Gasteiger charge is -2.27. The summed E-state index contributed by atoms with van der Waals surface area (Å²) in [7, 11) is -3.80. The third-order valence-electron chi connectivity index (χ3n) is 4.01. The van der Waals surface area contributed by atoms with E-state index in [2.05, 4.69) is 0 Å². The van der Waals surface area contributed by atoms with Gasteiger partial charge in [-0.05, 0) is 38.3 Å². The Balaban J connectivity index is 2.51. The Hall–Kier alpha value is -0.690. The highest BCUT2D eigenvalue weighted by Gasteiger charge is 2.39. The third-order valence-corrected chi connectivity index (χ3v) is 6.47. The number of benzene rings is 1. The van der Waals surface area contributed by atoms with E-state index in [0.29, 0.717) is 6.42 Å². The number of rotatable bonds is 4. The largest absolute Gasteiger partial charge is 0.392 e. The Morgan fingerprint density at radius 1 is 1.43 bits per heavy atom. The first-order valence-corrected chi connectivity index (χ1v) is 8.77. The summed E-state index contributed by atoms with van der Waals surface area (Å²) in [5.74, 6) is -0.832. The summed E-state index contributed by atoms with van der Waals surface area (Å²) in [4.78, 5) is -0.152. The van der Waals surface area contributed by atoms with E-state index in [1.54, 1.807) is 0 Å². The van der Waals surface area contributed by atoms with Crippen LogP contribution in [0.1, 0.15) is 38.7 Å². The second kappa shape index (κ2) is 6.20. The van der Waals surface area contributed by atoms with Crippen molar-refractivity contribution in [3.63, 3.8) is 0 Å². The quantitative estimate of drug-likeness (QED) is 0.920. The molecule has 1 aliphatic rings. The first kappa shape index (κ1) is 16.7. The summed E-state index contributed by atoms with van der Waals surface area (Å²) < 4.78 is 40.8. The molecular formula is C14H19ClFNO3S. The van der Waals surface area contributed by atoms with Gasteiger partial charge in [-0.1, -0.05) is 18.5 Å². The van der Waals surface area contributed by atoms with Gasteiger partial charge in [0.2, 0.25) is 10.0 Å². The van der Waals surface area contributed by atoms with Gasteiger partial charge in [-0.3, -0.25) is 0 Å². The number of aliphatic hydroxyl groups is 1. The number of halogens is 2. The van der Waals surface area contributed by atoms with E-state index in [-0.39, 0.29) is 27.6 Å². The monoisotopic (exact) mass is 335 g/mol. The Bertz CT molecular complexity index is 635. The van der Waals surface area contributed by atoms with Crippen molar-refractivity contribution in [2.45, 2.75) is 56.7 Å². The molecule has 1 aromatic carbocycles. The first-order chi connectivity index (χ1) is 9.82. The average Bonchev–Trinajstić information content (AvgIpc) is 2.83. The zero-order chi connectivity index (χ0) is 15.8. The molecule has 1 aliphatic heterocycles. The number of hydrogen-bond donors (Lipinski definition) is 1. The van der Waals surface area contributed by atoms with Gasteiger partial charge in [-0.25, -0.2) is 12.8 Å². The molecule has 7 heteroatoms. The second-order valence-corrected chi connectivity index (χ2v) is 7.58. The van der Waals surface area contributed by atoms with Crippen LogP contribution in [0.3, 0.4) is 0 Å². The molecule has 4 nitrogen and oxygen atoms in total. The van der Waals surface area contributed by atoms with Crippen LogP contribution in [0.2, 0.25) is 5.02 Å². The van der Waals surface area contributed by atoms with Gasteiger partial charge >= 0.3 is 0 Å². The van der Waals surface area contributed by atoms with Crippen LogP contribution in [0, 0.1) is 5.82 Å². The highest BCUT2D eigenvalue weighted by atomic mass is 35.5. The number of hydrogen-bond acceptors (Lipinski definition) is 3. The molecule has 0 aliphatic carbocycles. The van der Waals surface area contributed by atoms with Gasteiger partial charge < -0.3 is 5.11 Å². The van der Waals surface area contributed by atoms with Crippen LogP contribution in [0.15, 0.2) is 17.0 Å². The van der Waals surface area contributed by atoms with Gasteiger partial charge in [0.05, 0.1) is 16.5 Å². The first-order valence-electron chi connectivity index (χ1n) is 6.95. The Morgan fingerprint density at radius 3 is 2.67 bits per heavy atom. The van der Waals surface area contributed by atoms with Crippen LogP contribution in [0.25, 0.3) is 0 Å². The molecule has 2 rings (SSSR count). The fraction of sp³-hybridized carbons (Fsp3) is 0.571. The Labute approximate surface area is 129 Å². The van der Waals surface area contributed by atoms with Crippen LogP contribution in [0.5, 0.6) is 0 Å². The van der Waals surface area contributed by atoms with E-state index >= 15 is 0 Å². The van der Waals surface area contributed by atoms with Crippen LogP contribution in [0.4, 0.5) is 4.39 Å². The molecule has 1 N–H and O–H groups in total. The van der Waals surface area contributed by atoms with Crippen molar-refractivity contribution in [3.05, 3.63) is 28.5 Å². The van der Waals surface area contributed by atoms with Crippen molar-refractivity contribution < 1.29 is 17.9 Å². The minimum Gasteiger partial charge on any atom is -0.392 e. The summed E-state index contributed by atoms with van der Waals surface area (Å²) >= 11 is 5.72. The number of aliphatic hydroxyl groups excluding tert-OH is 1. The second-order valence-electron chi connectivity index (χ2n) is 5.36. The van der Waals surface area contributed by atoms with Crippen molar-refractivity contribution in [2.24, 2.45) is 0 Å². The molecule has 21 heavy (non-hydrogen) atoms. The maximum absolute atomic E-state index is 13.8. The van der Waals surface area contributed by atoms with E-state index in [9.17, 15) is 17.9 Å². The van der Waals surface area contributed by atoms with Crippen LogP contribution in [-0.2, 0) is 16.6 Å². The zero-order valence-electron chi connectivity index (χ0n) is 12.0. The van der Waals surface area contributed by atoms with Crippen molar-refractivity contribution in [2.75, 3.05) is 0 Å². The third kappa shape index (κ3) is 2.95. The molecule has 0 saturated carbocycles. The van der Waals surface area contributed by atoms with Crippen molar-refractivity contribution in [1.82, 2.24) is 4.31 Å². The molecule has 118 valence electrons. The SMILES string of the molecule is CCC1CCC(C)N1S(=O)(=O)c1cc(F)c(Cl)c(CO)c1. The molecular weight excluding hydrogens is 317 g/mol. The molecule has 0 aromatic heterocycles. The molecule has 0 bridgehead atoms. The predicted octanol–water partition coefficient (Wildman–Crippen LogP) is 2.92. The molecule has 2 unspecified atom stereocenters. The number of sulfonamides is 1. The summed E-state index contributed by atoms with van der Waals surface area (Å²) in [6.07, 6.45) is 2.31. The van der Waals surface area contributed by atoms with E-state index in [1.807, 2.05) is 13.8 Å². The lowest BCUT2D eigenvalue weighted by molar-refractivity contribution is 0.281. The average molecular weight is 336 g/mol. The van der Waals surface area contributed by atoms with E-state index in [1.165, 1.54) is 10.4 Å². The van der Waals surface area contributed by atoms with Gasteiger partial charge in [-0.15, -0.1) is 0 Å². The highest BCUT2D eigenvalue weighted by Crippen LogP contribution is 2.34. The van der Waals surface area contributed by atoms with Crippen molar-refractivity contribution in [3.8, 4) is 0 Å². The summed E-state index contributed by atoms with van der Waals surface area (Å²) in [6, 6.07) is 1.99.